The summed E-state index contributed by atoms with van der Waals surface area (Å²) in [5.74, 6) is 2.42. The van der Waals surface area contributed by atoms with Crippen LogP contribution in [0.2, 0.25) is 0 Å². The van der Waals surface area contributed by atoms with Crippen molar-refractivity contribution in [1.29, 1.82) is 0 Å². The summed E-state index contributed by atoms with van der Waals surface area (Å²) in [7, 11) is 0. The minimum absolute atomic E-state index is 1.08. The second kappa shape index (κ2) is 6.81. The fourth-order valence-electron chi connectivity index (χ4n) is 1.60. The Kier molecular flexibility index (Phi) is 5.07. The standard InChI is InChI=1S/C12H17N3S2/c1-11-12(17-10-14-11)3-8-16-7-2-5-15-6-4-13-9-15/h4,6,9-10H,2-3,5,7-8H2,1H3. The van der Waals surface area contributed by atoms with E-state index in [0.29, 0.717) is 0 Å². The molecule has 2 aromatic rings. The third-order valence-corrected chi connectivity index (χ3v) is 4.65. The fourth-order valence-corrected chi connectivity index (χ4v) is 3.40. The van der Waals surface area contributed by atoms with Crippen molar-refractivity contribution in [1.82, 2.24) is 14.5 Å². The Morgan fingerprint density at radius 3 is 3.06 bits per heavy atom. The Hall–Kier alpha value is -0.810. The predicted molar refractivity (Wildman–Crippen MR) is 74.7 cm³/mol. The number of thiazole rings is 1. The number of aryl methyl sites for hydroxylation is 3. The maximum absolute atomic E-state index is 4.26. The van der Waals surface area contributed by atoms with Crippen molar-refractivity contribution in [2.24, 2.45) is 0 Å². The van der Waals surface area contributed by atoms with Gasteiger partial charge in [-0.15, -0.1) is 11.3 Å². The Bertz CT molecular complexity index is 423. The van der Waals surface area contributed by atoms with Crippen LogP contribution < -0.4 is 0 Å². The quantitative estimate of drug-likeness (QED) is 0.723. The summed E-state index contributed by atoms with van der Waals surface area (Å²) in [5, 5.41) is 0. The van der Waals surface area contributed by atoms with Crippen LogP contribution in [0.25, 0.3) is 0 Å². The van der Waals surface area contributed by atoms with Crippen LogP contribution in [-0.2, 0) is 13.0 Å². The van der Waals surface area contributed by atoms with Gasteiger partial charge in [0.15, 0.2) is 0 Å². The van der Waals surface area contributed by atoms with E-state index in [-0.39, 0.29) is 0 Å². The van der Waals surface area contributed by atoms with Crippen molar-refractivity contribution in [3.8, 4) is 0 Å². The van der Waals surface area contributed by atoms with Gasteiger partial charge < -0.3 is 4.57 Å². The van der Waals surface area contributed by atoms with Crippen molar-refractivity contribution in [2.75, 3.05) is 11.5 Å². The molecule has 0 amide bonds. The SMILES string of the molecule is Cc1ncsc1CCSCCCn1ccnc1. The lowest BCUT2D eigenvalue weighted by Crippen LogP contribution is -1.97. The molecule has 0 atom stereocenters. The summed E-state index contributed by atoms with van der Waals surface area (Å²) in [6.07, 6.45) is 8.10. The molecule has 0 aromatic carbocycles. The molecular weight excluding hydrogens is 250 g/mol. The lowest BCUT2D eigenvalue weighted by atomic mass is 10.3. The Morgan fingerprint density at radius 2 is 2.35 bits per heavy atom. The summed E-state index contributed by atoms with van der Waals surface area (Å²) in [6, 6.07) is 0. The number of rotatable bonds is 7. The average Bonchev–Trinajstić information content (AvgIpc) is 2.95. The zero-order chi connectivity index (χ0) is 11.9. The van der Waals surface area contributed by atoms with Crippen molar-refractivity contribution < 1.29 is 0 Å². The van der Waals surface area contributed by atoms with Gasteiger partial charge in [-0.1, -0.05) is 0 Å². The lowest BCUT2D eigenvalue weighted by Gasteiger charge is -2.02. The van der Waals surface area contributed by atoms with Gasteiger partial charge >= 0.3 is 0 Å². The molecule has 0 N–H and O–H groups in total. The molecule has 0 fully saturated rings. The second-order valence-electron chi connectivity index (χ2n) is 3.88. The zero-order valence-corrected chi connectivity index (χ0v) is 11.6. The van der Waals surface area contributed by atoms with Crippen molar-refractivity contribution in [2.45, 2.75) is 26.3 Å². The van der Waals surface area contributed by atoms with Gasteiger partial charge in [-0.2, -0.15) is 11.8 Å². The highest BCUT2D eigenvalue weighted by Gasteiger charge is 2.00. The topological polar surface area (TPSA) is 30.7 Å². The van der Waals surface area contributed by atoms with Crippen LogP contribution in [0.3, 0.4) is 0 Å². The van der Waals surface area contributed by atoms with Crippen LogP contribution in [-0.4, -0.2) is 26.0 Å². The van der Waals surface area contributed by atoms with E-state index >= 15 is 0 Å². The molecule has 2 aromatic heterocycles. The smallest absolute Gasteiger partial charge is 0.0945 e. The highest BCUT2D eigenvalue weighted by Crippen LogP contribution is 2.15. The average molecular weight is 267 g/mol. The monoisotopic (exact) mass is 267 g/mol. The van der Waals surface area contributed by atoms with Gasteiger partial charge in [-0.25, -0.2) is 9.97 Å². The minimum atomic E-state index is 1.08. The summed E-state index contributed by atoms with van der Waals surface area (Å²) in [4.78, 5) is 9.73. The van der Waals surface area contributed by atoms with Crippen LogP contribution in [0.4, 0.5) is 0 Å². The largest absolute Gasteiger partial charge is 0.337 e. The summed E-state index contributed by atoms with van der Waals surface area (Å²) in [5.41, 5.74) is 3.14. The van der Waals surface area contributed by atoms with Gasteiger partial charge in [-0.3, -0.25) is 0 Å². The second-order valence-corrected chi connectivity index (χ2v) is 6.04. The number of hydrogen-bond donors (Lipinski definition) is 0. The number of imidazole rings is 1. The number of thioether (sulfide) groups is 1. The van der Waals surface area contributed by atoms with Crippen molar-refractivity contribution >= 4 is 23.1 Å². The highest BCUT2D eigenvalue weighted by atomic mass is 32.2. The lowest BCUT2D eigenvalue weighted by molar-refractivity contribution is 0.683. The third kappa shape index (κ3) is 4.16. The van der Waals surface area contributed by atoms with Crippen LogP contribution in [0.1, 0.15) is 17.0 Å². The van der Waals surface area contributed by atoms with Gasteiger partial charge in [0.2, 0.25) is 0 Å². The molecule has 0 aliphatic carbocycles. The first-order valence-corrected chi connectivity index (χ1v) is 7.82. The van der Waals surface area contributed by atoms with Gasteiger partial charge in [0.05, 0.1) is 17.5 Å². The van der Waals surface area contributed by atoms with Gasteiger partial charge in [-0.05, 0) is 31.3 Å². The molecule has 92 valence electrons. The van der Waals surface area contributed by atoms with Gasteiger partial charge in [0, 0.05) is 23.8 Å². The Balaban J connectivity index is 1.54. The molecular formula is C12H17N3S2. The summed E-state index contributed by atoms with van der Waals surface area (Å²) < 4.78 is 2.13. The van der Waals surface area contributed by atoms with E-state index in [1.807, 2.05) is 36.0 Å². The predicted octanol–water partition coefficient (Wildman–Crippen LogP) is 3.01. The molecule has 2 rings (SSSR count). The molecule has 3 nitrogen and oxygen atoms in total. The molecule has 0 unspecified atom stereocenters. The van der Waals surface area contributed by atoms with Crippen molar-refractivity contribution in [3.05, 3.63) is 34.8 Å². The van der Waals surface area contributed by atoms with E-state index in [0.717, 1.165) is 13.0 Å². The Labute approximate surface area is 110 Å². The number of hydrogen-bond acceptors (Lipinski definition) is 4. The third-order valence-electron chi connectivity index (χ3n) is 2.58. The molecule has 2 heterocycles. The molecule has 5 heteroatoms. The summed E-state index contributed by atoms with van der Waals surface area (Å²) >= 11 is 3.80. The van der Waals surface area contributed by atoms with Crippen LogP contribution in [0.5, 0.6) is 0 Å². The number of nitrogens with zero attached hydrogens (tertiary/aromatic N) is 3. The Morgan fingerprint density at radius 1 is 1.41 bits per heavy atom. The summed E-state index contributed by atoms with van der Waals surface area (Å²) in [6.45, 7) is 3.17. The molecule has 0 aliphatic heterocycles. The number of aromatic nitrogens is 3. The first kappa shape index (κ1) is 12.6. The molecule has 0 spiro atoms. The molecule has 0 radical (unpaired) electrons. The molecule has 0 saturated carbocycles. The first-order chi connectivity index (χ1) is 8.36. The molecule has 0 saturated heterocycles. The van der Waals surface area contributed by atoms with Gasteiger partial charge in [0.1, 0.15) is 0 Å². The van der Waals surface area contributed by atoms with E-state index in [1.54, 1.807) is 11.3 Å². The molecule has 0 aliphatic rings. The van der Waals surface area contributed by atoms with E-state index in [2.05, 4.69) is 21.5 Å². The van der Waals surface area contributed by atoms with Crippen LogP contribution in [0.15, 0.2) is 24.2 Å². The fraction of sp³-hybridized carbons (Fsp3) is 0.500. The van der Waals surface area contributed by atoms with Crippen LogP contribution in [0, 0.1) is 6.92 Å². The normalized spacial score (nSPS) is 10.9. The molecule has 17 heavy (non-hydrogen) atoms. The maximum atomic E-state index is 4.26. The van der Waals surface area contributed by atoms with E-state index < -0.39 is 0 Å². The first-order valence-electron chi connectivity index (χ1n) is 5.78. The van der Waals surface area contributed by atoms with Gasteiger partial charge in [0.25, 0.3) is 0 Å². The maximum Gasteiger partial charge on any atom is 0.0945 e. The van der Waals surface area contributed by atoms with Crippen LogP contribution >= 0.6 is 23.1 Å². The van der Waals surface area contributed by atoms with E-state index in [4.69, 9.17) is 0 Å². The highest BCUT2D eigenvalue weighted by molar-refractivity contribution is 7.99. The molecule has 0 bridgehead atoms. The zero-order valence-electron chi connectivity index (χ0n) is 10.0. The van der Waals surface area contributed by atoms with E-state index in [1.165, 1.54) is 28.5 Å². The van der Waals surface area contributed by atoms with Crippen molar-refractivity contribution in [3.63, 3.8) is 0 Å². The van der Waals surface area contributed by atoms with E-state index in [9.17, 15) is 0 Å². The minimum Gasteiger partial charge on any atom is -0.337 e.